The zero-order valence-electron chi connectivity index (χ0n) is 12.0. The van der Waals surface area contributed by atoms with E-state index in [1.807, 2.05) is 13.0 Å². The molecule has 0 unspecified atom stereocenters. The highest BCUT2D eigenvalue weighted by atomic mass is 16.3. The van der Waals surface area contributed by atoms with Gasteiger partial charge in [0.15, 0.2) is 0 Å². The molecule has 1 aliphatic heterocycles. The quantitative estimate of drug-likeness (QED) is 0.437. The number of carbonyl (C=O) groups excluding carboxylic acids is 2. The Kier molecular flexibility index (Phi) is 6.78. The van der Waals surface area contributed by atoms with E-state index in [9.17, 15) is 14.7 Å². The molecule has 0 aromatic carbocycles. The van der Waals surface area contributed by atoms with Crippen LogP contribution < -0.4 is 0 Å². The summed E-state index contributed by atoms with van der Waals surface area (Å²) in [6.07, 6.45) is 8.06. The van der Waals surface area contributed by atoms with Gasteiger partial charge in [0.1, 0.15) is 12.0 Å². The Morgan fingerprint density at radius 1 is 1.42 bits per heavy atom. The summed E-state index contributed by atoms with van der Waals surface area (Å²) >= 11 is 0. The SMILES string of the molecule is C/C=C/CCCCC(=O)[C@@H](C)C(=O)N1CCC[C@H]1O. The average molecular weight is 267 g/mol. The van der Waals surface area contributed by atoms with Crippen molar-refractivity contribution in [2.45, 2.75) is 58.6 Å². The topological polar surface area (TPSA) is 57.6 Å². The predicted octanol–water partition coefficient (Wildman–Crippen LogP) is 2.27. The average Bonchev–Trinajstić information content (AvgIpc) is 2.82. The number of aliphatic hydroxyl groups excluding tert-OH is 1. The number of allylic oxidation sites excluding steroid dienone is 2. The molecule has 108 valence electrons. The summed E-state index contributed by atoms with van der Waals surface area (Å²) in [5, 5.41) is 9.65. The van der Waals surface area contributed by atoms with Crippen molar-refractivity contribution in [3.8, 4) is 0 Å². The highest BCUT2D eigenvalue weighted by molar-refractivity contribution is 6.01. The zero-order valence-corrected chi connectivity index (χ0v) is 12.0. The summed E-state index contributed by atoms with van der Waals surface area (Å²) in [4.78, 5) is 25.4. The van der Waals surface area contributed by atoms with Gasteiger partial charge in [-0.1, -0.05) is 12.2 Å². The number of amides is 1. The molecule has 1 saturated heterocycles. The lowest BCUT2D eigenvalue weighted by molar-refractivity contribution is -0.145. The van der Waals surface area contributed by atoms with Crippen LogP contribution in [0.5, 0.6) is 0 Å². The molecule has 2 atom stereocenters. The molecule has 1 N–H and O–H groups in total. The first-order valence-electron chi connectivity index (χ1n) is 7.20. The van der Waals surface area contributed by atoms with Crippen LogP contribution >= 0.6 is 0 Å². The van der Waals surface area contributed by atoms with Gasteiger partial charge in [-0.25, -0.2) is 0 Å². The maximum atomic E-state index is 12.1. The molecule has 1 rings (SSSR count). The van der Waals surface area contributed by atoms with Crippen LogP contribution in [-0.4, -0.2) is 34.5 Å². The monoisotopic (exact) mass is 267 g/mol. The first-order chi connectivity index (χ1) is 9.07. The van der Waals surface area contributed by atoms with Crippen molar-refractivity contribution in [3.05, 3.63) is 12.2 Å². The van der Waals surface area contributed by atoms with Crippen LogP contribution in [0.3, 0.4) is 0 Å². The van der Waals surface area contributed by atoms with E-state index in [1.165, 1.54) is 4.90 Å². The molecular weight excluding hydrogens is 242 g/mol. The Bertz CT molecular complexity index is 338. The number of hydrogen-bond acceptors (Lipinski definition) is 3. The Morgan fingerprint density at radius 2 is 2.16 bits per heavy atom. The number of ketones is 1. The fourth-order valence-electron chi connectivity index (χ4n) is 2.34. The van der Waals surface area contributed by atoms with Crippen LogP contribution in [0.2, 0.25) is 0 Å². The smallest absolute Gasteiger partial charge is 0.234 e. The molecule has 0 aliphatic carbocycles. The van der Waals surface area contributed by atoms with Crippen molar-refractivity contribution in [3.63, 3.8) is 0 Å². The maximum absolute atomic E-state index is 12.1. The third-order valence-corrected chi connectivity index (χ3v) is 3.64. The molecule has 0 aromatic rings. The van der Waals surface area contributed by atoms with Crippen LogP contribution in [0.25, 0.3) is 0 Å². The molecule has 1 heterocycles. The number of Topliss-reactive ketones (excluding diaryl/α,β-unsaturated/α-hetero) is 1. The minimum absolute atomic E-state index is 0.00965. The Morgan fingerprint density at radius 3 is 2.74 bits per heavy atom. The van der Waals surface area contributed by atoms with E-state index < -0.39 is 12.1 Å². The number of nitrogens with zero attached hydrogens (tertiary/aromatic N) is 1. The van der Waals surface area contributed by atoms with Gasteiger partial charge in [-0.2, -0.15) is 0 Å². The van der Waals surface area contributed by atoms with Gasteiger partial charge in [-0.15, -0.1) is 0 Å². The number of likely N-dealkylation sites (tertiary alicyclic amines) is 1. The van der Waals surface area contributed by atoms with Crippen LogP contribution in [0.15, 0.2) is 12.2 Å². The second kappa shape index (κ2) is 8.10. The Hall–Kier alpha value is -1.16. The van der Waals surface area contributed by atoms with Crippen LogP contribution in [0.1, 0.15) is 52.4 Å². The van der Waals surface area contributed by atoms with E-state index in [-0.39, 0.29) is 11.7 Å². The third-order valence-electron chi connectivity index (χ3n) is 3.64. The van der Waals surface area contributed by atoms with Crippen LogP contribution in [0, 0.1) is 5.92 Å². The van der Waals surface area contributed by atoms with Crippen LogP contribution in [0.4, 0.5) is 0 Å². The first-order valence-corrected chi connectivity index (χ1v) is 7.20. The molecule has 0 saturated carbocycles. The lowest BCUT2D eigenvalue weighted by Gasteiger charge is -2.23. The summed E-state index contributed by atoms with van der Waals surface area (Å²) in [5.74, 6) is -0.845. The molecular formula is C15H25NO3. The van der Waals surface area contributed by atoms with Crippen molar-refractivity contribution in [2.24, 2.45) is 5.92 Å². The molecule has 0 spiro atoms. The molecule has 0 aromatic heterocycles. The minimum Gasteiger partial charge on any atom is -0.374 e. The van der Waals surface area contributed by atoms with Gasteiger partial charge < -0.3 is 10.0 Å². The van der Waals surface area contributed by atoms with Crippen molar-refractivity contribution < 1.29 is 14.7 Å². The molecule has 0 radical (unpaired) electrons. The largest absolute Gasteiger partial charge is 0.374 e. The summed E-state index contributed by atoms with van der Waals surface area (Å²) in [7, 11) is 0. The van der Waals surface area contributed by atoms with Gasteiger partial charge in [-0.3, -0.25) is 9.59 Å². The number of rotatable bonds is 7. The minimum atomic E-state index is -0.697. The van der Waals surface area contributed by atoms with Crippen molar-refractivity contribution in [2.75, 3.05) is 6.54 Å². The normalized spacial score (nSPS) is 21.0. The van der Waals surface area contributed by atoms with E-state index >= 15 is 0 Å². The van der Waals surface area contributed by atoms with Gasteiger partial charge in [-0.05, 0) is 46.0 Å². The number of unbranched alkanes of at least 4 members (excludes halogenated alkanes) is 2. The van der Waals surface area contributed by atoms with E-state index in [4.69, 9.17) is 0 Å². The van der Waals surface area contributed by atoms with E-state index in [0.29, 0.717) is 19.4 Å². The number of carbonyl (C=O) groups is 2. The maximum Gasteiger partial charge on any atom is 0.234 e. The standard InChI is InChI=1S/C15H25NO3/c1-3-4-5-6-7-9-13(17)12(2)15(19)16-11-8-10-14(16)18/h3-4,12,14,18H,5-11H2,1-2H3/b4-3+/t12-,14-/m1/s1. The molecule has 1 aliphatic rings. The molecule has 19 heavy (non-hydrogen) atoms. The fourth-order valence-corrected chi connectivity index (χ4v) is 2.34. The highest BCUT2D eigenvalue weighted by Crippen LogP contribution is 2.19. The Balaban J connectivity index is 2.33. The van der Waals surface area contributed by atoms with Crippen molar-refractivity contribution in [1.29, 1.82) is 0 Å². The van der Waals surface area contributed by atoms with Gasteiger partial charge >= 0.3 is 0 Å². The lowest BCUT2D eigenvalue weighted by Crippen LogP contribution is -2.41. The number of aliphatic hydroxyl groups is 1. The van der Waals surface area contributed by atoms with Gasteiger partial charge in [0.05, 0.1) is 5.92 Å². The fraction of sp³-hybridized carbons (Fsp3) is 0.733. The second-order valence-corrected chi connectivity index (χ2v) is 5.16. The summed E-state index contributed by atoms with van der Waals surface area (Å²) < 4.78 is 0. The van der Waals surface area contributed by atoms with Gasteiger partial charge in [0.2, 0.25) is 5.91 Å². The third kappa shape index (κ3) is 4.78. The van der Waals surface area contributed by atoms with E-state index in [2.05, 4.69) is 6.08 Å². The summed E-state index contributed by atoms with van der Waals surface area (Å²) in [6, 6.07) is 0. The number of hydrogen-bond donors (Lipinski definition) is 1. The lowest BCUT2D eigenvalue weighted by atomic mass is 9.99. The zero-order chi connectivity index (χ0) is 14.3. The molecule has 1 fully saturated rings. The summed E-state index contributed by atoms with van der Waals surface area (Å²) in [5.41, 5.74) is 0. The van der Waals surface area contributed by atoms with E-state index in [0.717, 1.165) is 25.7 Å². The first kappa shape index (κ1) is 15.9. The molecule has 1 amide bonds. The van der Waals surface area contributed by atoms with E-state index in [1.54, 1.807) is 6.92 Å². The van der Waals surface area contributed by atoms with Crippen LogP contribution in [-0.2, 0) is 9.59 Å². The van der Waals surface area contributed by atoms with Gasteiger partial charge in [0.25, 0.3) is 0 Å². The molecule has 4 heteroatoms. The summed E-state index contributed by atoms with van der Waals surface area (Å²) in [6.45, 7) is 4.20. The molecule has 4 nitrogen and oxygen atoms in total. The second-order valence-electron chi connectivity index (χ2n) is 5.16. The highest BCUT2D eigenvalue weighted by Gasteiger charge is 2.32. The van der Waals surface area contributed by atoms with Gasteiger partial charge in [0, 0.05) is 13.0 Å². The van der Waals surface area contributed by atoms with Crippen molar-refractivity contribution in [1.82, 2.24) is 4.90 Å². The predicted molar refractivity (Wildman–Crippen MR) is 74.4 cm³/mol. The van der Waals surface area contributed by atoms with Crippen molar-refractivity contribution >= 4 is 11.7 Å². The molecule has 0 bridgehead atoms. The Labute approximate surface area is 115 Å².